The maximum atomic E-state index is 13.0. The smallest absolute Gasteiger partial charge is 0.314 e. The topological polar surface area (TPSA) is 26.3 Å². The molecule has 0 saturated heterocycles. The van der Waals surface area contributed by atoms with E-state index < -0.39 is 0 Å². The SMILES string of the molecule is CC(C)OC(=O)[C@@H]1CC2=CCCC[C@]2(C)C2=C1C1=CCC[C@@]1(C)CC2. The molecule has 0 aromatic carbocycles. The molecular formula is C23H32O2. The maximum Gasteiger partial charge on any atom is 0.314 e. The van der Waals surface area contributed by atoms with Gasteiger partial charge in [0.1, 0.15) is 0 Å². The first-order valence-corrected chi connectivity index (χ1v) is 10.2. The molecule has 0 amide bonds. The third kappa shape index (κ3) is 2.55. The normalized spacial score (nSPS) is 37.1. The summed E-state index contributed by atoms with van der Waals surface area (Å²) in [5.74, 6) is -0.0909. The molecule has 0 aromatic rings. The summed E-state index contributed by atoms with van der Waals surface area (Å²) in [6.45, 7) is 8.77. The Balaban J connectivity index is 1.85. The maximum absolute atomic E-state index is 13.0. The van der Waals surface area contributed by atoms with Gasteiger partial charge in [-0.05, 0) is 81.8 Å². The molecule has 136 valence electrons. The Morgan fingerprint density at radius 1 is 1.16 bits per heavy atom. The van der Waals surface area contributed by atoms with E-state index in [0.717, 1.165) is 19.3 Å². The Labute approximate surface area is 152 Å². The first-order valence-electron chi connectivity index (χ1n) is 10.2. The highest BCUT2D eigenvalue weighted by Crippen LogP contribution is 2.62. The third-order valence-corrected chi connectivity index (χ3v) is 7.29. The van der Waals surface area contributed by atoms with Crippen LogP contribution < -0.4 is 0 Å². The monoisotopic (exact) mass is 340 g/mol. The summed E-state index contributed by atoms with van der Waals surface area (Å²) in [4.78, 5) is 13.0. The molecule has 4 aliphatic rings. The second kappa shape index (κ2) is 5.86. The highest BCUT2D eigenvalue weighted by atomic mass is 16.5. The van der Waals surface area contributed by atoms with Gasteiger partial charge in [-0.25, -0.2) is 0 Å². The van der Waals surface area contributed by atoms with E-state index in [0.29, 0.717) is 0 Å². The average molecular weight is 341 g/mol. The molecule has 0 fully saturated rings. The van der Waals surface area contributed by atoms with Crippen LogP contribution in [0.1, 0.15) is 79.1 Å². The van der Waals surface area contributed by atoms with Crippen LogP contribution in [0.4, 0.5) is 0 Å². The number of allylic oxidation sites excluding steroid dienone is 5. The van der Waals surface area contributed by atoms with Gasteiger partial charge >= 0.3 is 5.97 Å². The summed E-state index contributed by atoms with van der Waals surface area (Å²) < 4.78 is 5.71. The number of fused-ring (bicyclic) bond motifs is 4. The Bertz CT molecular complexity index is 693. The molecule has 0 heterocycles. The van der Waals surface area contributed by atoms with Crippen molar-refractivity contribution in [2.24, 2.45) is 16.7 Å². The predicted molar refractivity (Wildman–Crippen MR) is 101 cm³/mol. The van der Waals surface area contributed by atoms with Crippen molar-refractivity contribution in [3.63, 3.8) is 0 Å². The van der Waals surface area contributed by atoms with E-state index >= 15 is 0 Å². The first-order chi connectivity index (χ1) is 11.8. The molecule has 0 spiro atoms. The fourth-order valence-electron chi connectivity index (χ4n) is 5.89. The van der Waals surface area contributed by atoms with Gasteiger partial charge in [0.05, 0.1) is 12.0 Å². The van der Waals surface area contributed by atoms with Gasteiger partial charge in [-0.15, -0.1) is 0 Å². The number of hydrogen-bond acceptors (Lipinski definition) is 2. The second-order valence-corrected chi connectivity index (χ2v) is 9.31. The van der Waals surface area contributed by atoms with Gasteiger partial charge in [0, 0.05) is 5.41 Å². The van der Waals surface area contributed by atoms with E-state index in [1.54, 1.807) is 5.57 Å². The number of ether oxygens (including phenoxy) is 1. The van der Waals surface area contributed by atoms with Crippen molar-refractivity contribution in [3.05, 3.63) is 34.4 Å². The highest BCUT2D eigenvalue weighted by molar-refractivity contribution is 5.80. The zero-order chi connectivity index (χ0) is 17.8. The van der Waals surface area contributed by atoms with Gasteiger partial charge in [0.2, 0.25) is 0 Å². The number of esters is 1. The summed E-state index contributed by atoms with van der Waals surface area (Å²) in [7, 11) is 0. The molecule has 3 atom stereocenters. The zero-order valence-corrected chi connectivity index (χ0v) is 16.3. The van der Waals surface area contributed by atoms with Crippen LogP contribution in [0.25, 0.3) is 0 Å². The van der Waals surface area contributed by atoms with Crippen molar-refractivity contribution >= 4 is 5.97 Å². The molecule has 4 rings (SSSR count). The second-order valence-electron chi connectivity index (χ2n) is 9.31. The Morgan fingerprint density at radius 2 is 1.96 bits per heavy atom. The summed E-state index contributed by atoms with van der Waals surface area (Å²) in [6.07, 6.45) is 14.2. The van der Waals surface area contributed by atoms with E-state index in [-0.39, 0.29) is 28.8 Å². The van der Waals surface area contributed by atoms with Crippen LogP contribution in [0.2, 0.25) is 0 Å². The number of carbonyl (C=O) groups excluding carboxylic acids is 1. The molecule has 2 heteroatoms. The fraction of sp³-hybridized carbons (Fsp3) is 0.696. The van der Waals surface area contributed by atoms with Crippen LogP contribution >= 0.6 is 0 Å². The number of rotatable bonds is 2. The summed E-state index contributed by atoms with van der Waals surface area (Å²) in [5, 5.41) is 0. The van der Waals surface area contributed by atoms with Crippen molar-refractivity contribution in [1.82, 2.24) is 0 Å². The lowest BCUT2D eigenvalue weighted by atomic mass is 9.54. The van der Waals surface area contributed by atoms with E-state index in [9.17, 15) is 4.79 Å². The van der Waals surface area contributed by atoms with Crippen molar-refractivity contribution in [1.29, 1.82) is 0 Å². The van der Waals surface area contributed by atoms with Crippen LogP contribution in [0.5, 0.6) is 0 Å². The average Bonchev–Trinajstić information content (AvgIpc) is 2.94. The van der Waals surface area contributed by atoms with Gasteiger partial charge in [0.25, 0.3) is 0 Å². The molecule has 0 aromatic heterocycles. The van der Waals surface area contributed by atoms with Crippen molar-refractivity contribution in [2.45, 2.75) is 85.2 Å². The molecule has 0 saturated carbocycles. The minimum Gasteiger partial charge on any atom is -0.462 e. The molecule has 4 aliphatic carbocycles. The Kier molecular flexibility index (Phi) is 4.01. The standard InChI is InChI=1S/C23H32O2/c1-15(2)25-21(24)17-14-16-8-5-6-12-23(16,4)19-10-13-22(3)11-7-9-18(22)20(17)19/h8-9,15,17H,5-7,10-14H2,1-4H3/t17-,22+,23+/m1/s1. The first kappa shape index (κ1) is 17.1. The van der Waals surface area contributed by atoms with Crippen LogP contribution in [-0.2, 0) is 9.53 Å². The number of carbonyl (C=O) groups is 1. The minimum absolute atomic E-state index is 0.00641. The van der Waals surface area contributed by atoms with Gasteiger partial charge in [0.15, 0.2) is 0 Å². The van der Waals surface area contributed by atoms with Crippen molar-refractivity contribution < 1.29 is 9.53 Å². The molecule has 0 N–H and O–H groups in total. The molecule has 0 bridgehead atoms. The Morgan fingerprint density at radius 3 is 2.72 bits per heavy atom. The van der Waals surface area contributed by atoms with Crippen LogP contribution in [0.15, 0.2) is 34.4 Å². The lowest BCUT2D eigenvalue weighted by Crippen LogP contribution is -2.41. The van der Waals surface area contributed by atoms with E-state index in [4.69, 9.17) is 4.74 Å². The van der Waals surface area contributed by atoms with E-state index in [1.807, 2.05) is 13.8 Å². The highest BCUT2D eigenvalue weighted by Gasteiger charge is 2.51. The molecule has 0 aliphatic heterocycles. The predicted octanol–water partition coefficient (Wildman–Crippen LogP) is 5.89. The van der Waals surface area contributed by atoms with E-state index in [1.165, 1.54) is 48.8 Å². The summed E-state index contributed by atoms with van der Waals surface area (Å²) in [5.41, 5.74) is 6.42. The fourth-order valence-corrected chi connectivity index (χ4v) is 5.89. The number of hydrogen-bond donors (Lipinski definition) is 0. The van der Waals surface area contributed by atoms with Crippen LogP contribution in [0.3, 0.4) is 0 Å². The molecule has 25 heavy (non-hydrogen) atoms. The lowest BCUT2D eigenvalue weighted by Gasteiger charge is -2.50. The quantitative estimate of drug-likeness (QED) is 0.463. The van der Waals surface area contributed by atoms with Crippen LogP contribution in [0, 0.1) is 16.7 Å². The van der Waals surface area contributed by atoms with Crippen molar-refractivity contribution in [3.8, 4) is 0 Å². The van der Waals surface area contributed by atoms with Gasteiger partial charge in [-0.1, -0.05) is 37.1 Å². The largest absolute Gasteiger partial charge is 0.462 e. The van der Waals surface area contributed by atoms with Gasteiger partial charge < -0.3 is 4.74 Å². The zero-order valence-electron chi connectivity index (χ0n) is 16.3. The van der Waals surface area contributed by atoms with Gasteiger partial charge in [-0.2, -0.15) is 0 Å². The van der Waals surface area contributed by atoms with Crippen molar-refractivity contribution in [2.75, 3.05) is 0 Å². The molecular weight excluding hydrogens is 308 g/mol. The Hall–Kier alpha value is -1.31. The molecule has 0 unspecified atom stereocenters. The summed E-state index contributed by atoms with van der Waals surface area (Å²) >= 11 is 0. The minimum atomic E-state index is -0.0844. The molecule has 2 nitrogen and oxygen atoms in total. The van der Waals surface area contributed by atoms with Gasteiger partial charge in [-0.3, -0.25) is 4.79 Å². The van der Waals surface area contributed by atoms with E-state index in [2.05, 4.69) is 26.0 Å². The summed E-state index contributed by atoms with van der Waals surface area (Å²) in [6, 6.07) is 0. The van der Waals surface area contributed by atoms with Crippen LogP contribution in [-0.4, -0.2) is 12.1 Å². The third-order valence-electron chi connectivity index (χ3n) is 7.29. The molecule has 0 radical (unpaired) electrons. The lowest BCUT2D eigenvalue weighted by molar-refractivity contribution is -0.151.